The molecule has 0 amide bonds. The van der Waals surface area contributed by atoms with Gasteiger partial charge in [-0.2, -0.15) is 0 Å². The molecule has 3 aliphatic rings. The van der Waals surface area contributed by atoms with E-state index in [9.17, 15) is 28.8 Å². The summed E-state index contributed by atoms with van der Waals surface area (Å²) in [4.78, 5) is 74.6. The molecule has 3 fully saturated rings. The molecule has 15 atom stereocenters. The van der Waals surface area contributed by atoms with Gasteiger partial charge in [0, 0.05) is 54.1 Å². The first-order valence-electron chi connectivity index (χ1n) is 18.4. The van der Waals surface area contributed by atoms with Crippen molar-refractivity contribution in [1.29, 1.82) is 0 Å². The number of hydrogen-bond acceptors (Lipinski definition) is 18. The maximum absolute atomic E-state index is 12.7. The van der Waals surface area contributed by atoms with Crippen molar-refractivity contribution in [1.82, 2.24) is 0 Å². The fraction of sp³-hybridized carbons (Fsp3) is 0.833. The predicted molar refractivity (Wildman–Crippen MR) is 181 cm³/mol. The topological polar surface area (TPSA) is 213 Å². The first-order valence-corrected chi connectivity index (χ1v) is 18.4. The number of esters is 6. The lowest BCUT2D eigenvalue weighted by Gasteiger charge is -2.50. The van der Waals surface area contributed by atoms with Gasteiger partial charge in [0.2, 0.25) is 0 Å². The van der Waals surface area contributed by atoms with Crippen LogP contribution in [-0.4, -0.2) is 128 Å². The van der Waals surface area contributed by atoms with Gasteiger partial charge >= 0.3 is 35.8 Å². The van der Waals surface area contributed by atoms with Crippen LogP contribution in [0.25, 0.3) is 0 Å². The minimum absolute atomic E-state index is 0.204. The molecule has 0 saturated carbocycles. The molecule has 0 radical (unpaired) electrons. The summed E-state index contributed by atoms with van der Waals surface area (Å²) in [7, 11) is 0. The van der Waals surface area contributed by atoms with Crippen molar-refractivity contribution in [3.8, 4) is 0 Å². The molecule has 0 aromatic heterocycles. The molecular formula is C36H56O18. The predicted octanol–water partition coefficient (Wildman–Crippen LogP) is 2.42. The van der Waals surface area contributed by atoms with Crippen LogP contribution in [-0.2, 0) is 85.6 Å². The van der Waals surface area contributed by atoms with Crippen LogP contribution in [0.3, 0.4) is 0 Å². The van der Waals surface area contributed by atoms with E-state index in [1.807, 2.05) is 13.8 Å². The van der Waals surface area contributed by atoms with Crippen LogP contribution in [0.4, 0.5) is 0 Å². The molecule has 3 saturated heterocycles. The van der Waals surface area contributed by atoms with Crippen molar-refractivity contribution in [3.63, 3.8) is 0 Å². The summed E-state index contributed by atoms with van der Waals surface area (Å²) in [6.45, 7) is 16.2. The fourth-order valence-electron chi connectivity index (χ4n) is 6.98. The molecule has 308 valence electrons. The molecule has 6 unspecified atom stereocenters. The van der Waals surface area contributed by atoms with E-state index < -0.39 is 128 Å². The SMILES string of the molecule is CCO[C@@H]1OC(CC)[C@@H](O[C@H]2OC(CC)[C@@H](O[C@H]3OC(CC)[C@@H](OC(C)=O)[C@H](OC(C)=O)C3OC(C)=O)[C@H](OC(C)=O)C2OC(C)=O)[C@H](OC(C)=O)C1C. The van der Waals surface area contributed by atoms with Crippen molar-refractivity contribution in [2.24, 2.45) is 5.92 Å². The number of ether oxygens (including phenoxy) is 12. The van der Waals surface area contributed by atoms with Gasteiger partial charge in [0.05, 0.1) is 12.2 Å². The van der Waals surface area contributed by atoms with E-state index in [-0.39, 0.29) is 12.8 Å². The summed E-state index contributed by atoms with van der Waals surface area (Å²) in [5.41, 5.74) is 0. The molecular weight excluding hydrogens is 720 g/mol. The van der Waals surface area contributed by atoms with Crippen molar-refractivity contribution in [2.45, 2.75) is 181 Å². The van der Waals surface area contributed by atoms with Crippen molar-refractivity contribution >= 4 is 35.8 Å². The second-order valence-electron chi connectivity index (χ2n) is 13.3. The average molecular weight is 777 g/mol. The Morgan fingerprint density at radius 2 is 0.704 bits per heavy atom. The highest BCUT2D eigenvalue weighted by Gasteiger charge is 2.58. The number of rotatable bonds is 15. The molecule has 0 spiro atoms. The Bertz CT molecular complexity index is 1310. The summed E-state index contributed by atoms with van der Waals surface area (Å²) in [6.07, 6.45) is -15.6. The van der Waals surface area contributed by atoms with Gasteiger partial charge in [-0.1, -0.05) is 27.7 Å². The highest BCUT2D eigenvalue weighted by molar-refractivity contribution is 5.69. The van der Waals surface area contributed by atoms with Gasteiger partial charge in [-0.15, -0.1) is 0 Å². The Labute approximate surface area is 315 Å². The third-order valence-electron chi connectivity index (χ3n) is 9.06. The second-order valence-corrected chi connectivity index (χ2v) is 13.3. The molecule has 0 N–H and O–H groups in total. The Morgan fingerprint density at radius 1 is 0.407 bits per heavy atom. The normalized spacial score (nSPS) is 36.6. The summed E-state index contributed by atoms with van der Waals surface area (Å²) in [5.74, 6) is -4.92. The molecule has 0 aromatic carbocycles. The van der Waals surface area contributed by atoms with E-state index in [2.05, 4.69) is 0 Å². The highest BCUT2D eigenvalue weighted by Crippen LogP contribution is 2.39. The highest BCUT2D eigenvalue weighted by atomic mass is 16.8. The Kier molecular flexibility index (Phi) is 17.1. The van der Waals surface area contributed by atoms with Crippen LogP contribution >= 0.6 is 0 Å². The van der Waals surface area contributed by atoms with Gasteiger partial charge < -0.3 is 56.8 Å². The lowest BCUT2D eigenvalue weighted by Crippen LogP contribution is -2.67. The van der Waals surface area contributed by atoms with Crippen LogP contribution in [0.5, 0.6) is 0 Å². The van der Waals surface area contributed by atoms with Gasteiger partial charge in [-0.25, -0.2) is 0 Å². The molecule has 0 aromatic rings. The quantitative estimate of drug-likeness (QED) is 0.172. The van der Waals surface area contributed by atoms with Gasteiger partial charge in [0.25, 0.3) is 0 Å². The molecule has 18 nitrogen and oxygen atoms in total. The smallest absolute Gasteiger partial charge is 0.303 e. The van der Waals surface area contributed by atoms with Crippen LogP contribution in [0.15, 0.2) is 0 Å². The minimum atomic E-state index is -1.52. The number of hydrogen-bond donors (Lipinski definition) is 0. The van der Waals surface area contributed by atoms with E-state index in [1.54, 1.807) is 20.8 Å². The van der Waals surface area contributed by atoms with Gasteiger partial charge in [-0.3, -0.25) is 28.8 Å². The van der Waals surface area contributed by atoms with Gasteiger partial charge in [-0.05, 0) is 26.2 Å². The number of carbonyl (C=O) groups excluding carboxylic acids is 6. The molecule has 0 bridgehead atoms. The van der Waals surface area contributed by atoms with Gasteiger partial charge in [0.15, 0.2) is 49.4 Å². The molecule has 3 aliphatic heterocycles. The van der Waals surface area contributed by atoms with Crippen molar-refractivity contribution < 1.29 is 85.6 Å². The molecule has 3 heterocycles. The standard InChI is InChI=1S/C36H56O18/c1-12-23-27(26(44-17(6)37)16(5)34(50-23)43-15-4)53-35-33(49-22(11)42)31(47-20(9)40)29(25(14-3)52-35)54-36-32(48-21(10)41)30(46-19(8)39)28(45-18(7)38)24(13-2)51-36/h16,23-36H,12-15H2,1-11H3/t16?,23?,24?,25?,26-,27-,28-,29-,30+,31+,32?,33?,34-,35-,36-/m1/s1. The van der Waals surface area contributed by atoms with Crippen molar-refractivity contribution in [3.05, 3.63) is 0 Å². The summed E-state index contributed by atoms with van der Waals surface area (Å²) < 4.78 is 71.7. The van der Waals surface area contributed by atoms with E-state index >= 15 is 0 Å². The van der Waals surface area contributed by atoms with E-state index in [1.165, 1.54) is 6.92 Å². The van der Waals surface area contributed by atoms with E-state index in [0.29, 0.717) is 13.0 Å². The Morgan fingerprint density at radius 3 is 1.07 bits per heavy atom. The van der Waals surface area contributed by atoms with E-state index in [0.717, 1.165) is 34.6 Å². The zero-order valence-corrected chi connectivity index (χ0v) is 32.8. The third kappa shape index (κ3) is 11.6. The third-order valence-corrected chi connectivity index (χ3v) is 9.06. The molecule has 18 heteroatoms. The first-order chi connectivity index (χ1) is 25.4. The maximum atomic E-state index is 12.7. The Balaban J connectivity index is 2.10. The van der Waals surface area contributed by atoms with Crippen LogP contribution in [0.2, 0.25) is 0 Å². The van der Waals surface area contributed by atoms with Crippen LogP contribution < -0.4 is 0 Å². The zero-order valence-electron chi connectivity index (χ0n) is 32.8. The zero-order chi connectivity index (χ0) is 40.4. The maximum Gasteiger partial charge on any atom is 0.303 e. The van der Waals surface area contributed by atoms with Crippen LogP contribution in [0.1, 0.15) is 95.4 Å². The lowest BCUT2D eigenvalue weighted by atomic mass is 9.90. The second kappa shape index (κ2) is 20.5. The monoisotopic (exact) mass is 776 g/mol. The Hall–Kier alpha value is -3.42. The summed E-state index contributed by atoms with van der Waals surface area (Å²) in [6, 6.07) is 0. The molecule has 3 rings (SSSR count). The largest absolute Gasteiger partial charge is 0.459 e. The first kappa shape index (κ1) is 45.0. The summed E-state index contributed by atoms with van der Waals surface area (Å²) in [5, 5.41) is 0. The lowest BCUT2D eigenvalue weighted by molar-refractivity contribution is -0.374. The van der Waals surface area contributed by atoms with Crippen molar-refractivity contribution in [2.75, 3.05) is 6.61 Å². The fourth-order valence-corrected chi connectivity index (χ4v) is 6.98. The minimum Gasteiger partial charge on any atom is -0.459 e. The average Bonchev–Trinajstić information content (AvgIpc) is 3.07. The van der Waals surface area contributed by atoms with Gasteiger partial charge in [0.1, 0.15) is 24.4 Å². The number of carbonyl (C=O) groups is 6. The molecule has 0 aliphatic carbocycles. The summed E-state index contributed by atoms with van der Waals surface area (Å²) >= 11 is 0. The van der Waals surface area contributed by atoms with E-state index in [4.69, 9.17) is 56.8 Å². The molecule has 54 heavy (non-hydrogen) atoms. The van der Waals surface area contributed by atoms with Crippen LogP contribution in [0, 0.1) is 5.92 Å².